The predicted molar refractivity (Wildman–Crippen MR) is 72.8 cm³/mol. The molecule has 1 unspecified atom stereocenters. The van der Waals surface area contributed by atoms with Gasteiger partial charge in [-0.05, 0) is 23.8 Å². The lowest BCUT2D eigenvalue weighted by molar-refractivity contribution is 0.162. The van der Waals surface area contributed by atoms with Crippen molar-refractivity contribution in [3.8, 4) is 0 Å². The Morgan fingerprint density at radius 1 is 0.944 bits per heavy atom. The van der Waals surface area contributed by atoms with Crippen LogP contribution in [-0.2, 0) is 4.84 Å². The third-order valence-electron chi connectivity index (χ3n) is 2.90. The van der Waals surface area contributed by atoms with Crippen LogP contribution in [0.1, 0.15) is 17.2 Å². The summed E-state index contributed by atoms with van der Waals surface area (Å²) in [4.78, 5) is 5.51. The summed E-state index contributed by atoms with van der Waals surface area (Å²) in [5, 5.41) is 0.741. The lowest BCUT2D eigenvalue weighted by Crippen LogP contribution is -2.12. The first-order valence-corrected chi connectivity index (χ1v) is 6.16. The van der Waals surface area contributed by atoms with Crippen LogP contribution in [0.3, 0.4) is 0 Å². The Morgan fingerprint density at radius 3 is 2.39 bits per heavy atom. The molecule has 0 spiro atoms. The largest absolute Gasteiger partial charge is 0.407 e. The van der Waals surface area contributed by atoms with Crippen molar-refractivity contribution in [1.29, 1.82) is 0 Å². The standard InChI is InChI=1S/C15H12ClNO/c16-13-8-6-11(7-9-13)14-10-15(18-17-14)12-4-2-1-3-5-12/h1-10,14,17H. The summed E-state index contributed by atoms with van der Waals surface area (Å²) in [5.74, 6) is 0.857. The molecule has 2 nitrogen and oxygen atoms in total. The molecule has 3 rings (SSSR count). The minimum atomic E-state index is 0.0671. The van der Waals surface area contributed by atoms with Crippen molar-refractivity contribution >= 4 is 17.4 Å². The molecular formula is C15H12ClNO. The van der Waals surface area contributed by atoms with Gasteiger partial charge in [-0.1, -0.05) is 54.1 Å². The van der Waals surface area contributed by atoms with Crippen LogP contribution in [0.5, 0.6) is 0 Å². The van der Waals surface area contributed by atoms with Crippen LogP contribution in [0.15, 0.2) is 60.7 Å². The number of nitrogens with one attached hydrogen (secondary N) is 1. The van der Waals surface area contributed by atoms with Gasteiger partial charge in [-0.15, -0.1) is 5.48 Å². The molecule has 0 amide bonds. The Labute approximate surface area is 111 Å². The van der Waals surface area contributed by atoms with Crippen LogP contribution < -0.4 is 5.48 Å². The highest BCUT2D eigenvalue weighted by Crippen LogP contribution is 2.28. The molecule has 0 aliphatic carbocycles. The van der Waals surface area contributed by atoms with Crippen LogP contribution in [0.25, 0.3) is 5.76 Å². The van der Waals surface area contributed by atoms with E-state index >= 15 is 0 Å². The van der Waals surface area contributed by atoms with Crippen molar-refractivity contribution in [1.82, 2.24) is 5.48 Å². The molecule has 1 heterocycles. The van der Waals surface area contributed by atoms with Gasteiger partial charge in [-0.25, -0.2) is 0 Å². The highest BCUT2D eigenvalue weighted by Gasteiger charge is 2.19. The number of benzene rings is 2. The van der Waals surface area contributed by atoms with Crippen LogP contribution in [0.2, 0.25) is 5.02 Å². The normalized spacial score (nSPS) is 18.3. The molecule has 18 heavy (non-hydrogen) atoms. The Kier molecular flexibility index (Phi) is 3.05. The lowest BCUT2D eigenvalue weighted by atomic mass is 10.1. The van der Waals surface area contributed by atoms with E-state index < -0.39 is 0 Å². The number of hydrogen-bond donors (Lipinski definition) is 1. The summed E-state index contributed by atoms with van der Waals surface area (Å²) in [6.45, 7) is 0. The summed E-state index contributed by atoms with van der Waals surface area (Å²) >= 11 is 5.88. The summed E-state index contributed by atoms with van der Waals surface area (Å²) in [7, 11) is 0. The van der Waals surface area contributed by atoms with Gasteiger partial charge in [0.1, 0.15) is 0 Å². The quantitative estimate of drug-likeness (QED) is 0.879. The Morgan fingerprint density at radius 2 is 1.67 bits per heavy atom. The van der Waals surface area contributed by atoms with E-state index in [1.165, 1.54) is 0 Å². The van der Waals surface area contributed by atoms with Crippen molar-refractivity contribution in [2.24, 2.45) is 0 Å². The van der Waals surface area contributed by atoms with Crippen molar-refractivity contribution in [3.05, 3.63) is 76.8 Å². The van der Waals surface area contributed by atoms with E-state index in [2.05, 4.69) is 11.6 Å². The summed E-state index contributed by atoms with van der Waals surface area (Å²) in [6, 6.07) is 17.8. The molecule has 1 aliphatic heterocycles. The van der Waals surface area contributed by atoms with Crippen molar-refractivity contribution < 1.29 is 4.84 Å². The first-order valence-electron chi connectivity index (χ1n) is 5.78. The number of hydroxylamine groups is 1. The molecule has 0 aromatic heterocycles. The zero-order valence-corrected chi connectivity index (χ0v) is 10.4. The van der Waals surface area contributed by atoms with Crippen molar-refractivity contribution in [2.75, 3.05) is 0 Å². The van der Waals surface area contributed by atoms with Gasteiger partial charge in [0.15, 0.2) is 5.76 Å². The van der Waals surface area contributed by atoms with Gasteiger partial charge in [0.25, 0.3) is 0 Å². The number of rotatable bonds is 2. The zero-order chi connectivity index (χ0) is 12.4. The van der Waals surface area contributed by atoms with Crippen LogP contribution in [-0.4, -0.2) is 0 Å². The molecule has 1 N–H and O–H groups in total. The second-order valence-electron chi connectivity index (χ2n) is 4.15. The first-order chi connectivity index (χ1) is 8.83. The molecule has 90 valence electrons. The third-order valence-corrected chi connectivity index (χ3v) is 3.15. The molecule has 0 bridgehead atoms. The first kappa shape index (κ1) is 11.3. The molecule has 2 aromatic carbocycles. The topological polar surface area (TPSA) is 21.3 Å². The molecule has 1 aliphatic rings. The molecule has 0 saturated heterocycles. The average Bonchev–Trinajstić information content (AvgIpc) is 2.90. The summed E-state index contributed by atoms with van der Waals surface area (Å²) < 4.78 is 0. The molecule has 0 radical (unpaired) electrons. The molecular weight excluding hydrogens is 246 g/mol. The minimum Gasteiger partial charge on any atom is -0.407 e. The van der Waals surface area contributed by atoms with Gasteiger partial charge in [0, 0.05) is 10.6 Å². The molecule has 0 fully saturated rings. The second kappa shape index (κ2) is 4.84. The van der Waals surface area contributed by atoms with Crippen molar-refractivity contribution in [3.63, 3.8) is 0 Å². The van der Waals surface area contributed by atoms with E-state index in [0.29, 0.717) is 0 Å². The summed E-state index contributed by atoms with van der Waals surface area (Å²) in [6.07, 6.45) is 2.07. The van der Waals surface area contributed by atoms with Gasteiger partial charge in [-0.2, -0.15) is 0 Å². The number of hydrogen-bond acceptors (Lipinski definition) is 2. The Hall–Kier alpha value is -1.77. The lowest BCUT2D eigenvalue weighted by Gasteiger charge is -2.07. The van der Waals surface area contributed by atoms with Crippen LogP contribution >= 0.6 is 11.6 Å². The monoisotopic (exact) mass is 257 g/mol. The van der Waals surface area contributed by atoms with Crippen molar-refractivity contribution in [2.45, 2.75) is 6.04 Å². The maximum atomic E-state index is 5.88. The Bertz CT molecular complexity index is 563. The average molecular weight is 258 g/mol. The molecule has 1 atom stereocenters. The van der Waals surface area contributed by atoms with E-state index in [4.69, 9.17) is 16.4 Å². The molecule has 2 aromatic rings. The van der Waals surface area contributed by atoms with E-state index in [0.717, 1.165) is 21.9 Å². The fraction of sp³-hybridized carbons (Fsp3) is 0.0667. The summed E-state index contributed by atoms with van der Waals surface area (Å²) in [5.41, 5.74) is 5.21. The maximum Gasteiger partial charge on any atom is 0.152 e. The van der Waals surface area contributed by atoms with Gasteiger partial charge in [0.2, 0.25) is 0 Å². The van der Waals surface area contributed by atoms with Gasteiger partial charge >= 0.3 is 0 Å². The van der Waals surface area contributed by atoms with Gasteiger partial charge < -0.3 is 4.84 Å². The van der Waals surface area contributed by atoms with Gasteiger partial charge in [0.05, 0.1) is 6.04 Å². The fourth-order valence-electron chi connectivity index (χ4n) is 1.94. The highest BCUT2D eigenvalue weighted by molar-refractivity contribution is 6.30. The van der Waals surface area contributed by atoms with E-state index in [1.807, 2.05) is 54.6 Å². The molecule has 3 heteroatoms. The van der Waals surface area contributed by atoms with Crippen LogP contribution in [0, 0.1) is 0 Å². The SMILES string of the molecule is Clc1ccc(C2C=C(c3ccccc3)ON2)cc1. The smallest absolute Gasteiger partial charge is 0.152 e. The van der Waals surface area contributed by atoms with E-state index in [9.17, 15) is 0 Å². The van der Waals surface area contributed by atoms with Crippen LogP contribution in [0.4, 0.5) is 0 Å². The van der Waals surface area contributed by atoms with E-state index in [1.54, 1.807) is 0 Å². The minimum absolute atomic E-state index is 0.0671. The second-order valence-corrected chi connectivity index (χ2v) is 4.58. The number of halogens is 1. The molecule has 0 saturated carbocycles. The Balaban J connectivity index is 1.85. The predicted octanol–water partition coefficient (Wildman–Crippen LogP) is 3.96. The third kappa shape index (κ3) is 2.26. The van der Waals surface area contributed by atoms with E-state index in [-0.39, 0.29) is 6.04 Å². The zero-order valence-electron chi connectivity index (χ0n) is 9.64. The van der Waals surface area contributed by atoms with Gasteiger partial charge in [-0.3, -0.25) is 0 Å². The maximum absolute atomic E-state index is 5.88. The fourth-order valence-corrected chi connectivity index (χ4v) is 2.06. The highest BCUT2D eigenvalue weighted by atomic mass is 35.5.